The first-order chi connectivity index (χ1) is 11.7. The van der Waals surface area contributed by atoms with Crippen molar-refractivity contribution in [3.05, 3.63) is 28.7 Å². The second kappa shape index (κ2) is 7.70. The van der Waals surface area contributed by atoms with Crippen molar-refractivity contribution >= 4 is 15.9 Å². The Bertz CT molecular complexity index is 779. The standard InChI is InChI=1S/C17H27N3O4S/c1-5-20(6-2)25(23,24)15-9-10-16(21)19(11-15)12-17(22)18(4)13(3)14-7-8-14/h9-11,13-14H,5-8,12H2,1-4H3. The second-order valence-electron chi connectivity index (χ2n) is 6.50. The molecule has 0 bridgehead atoms. The maximum absolute atomic E-state index is 12.6. The van der Waals surface area contributed by atoms with Crippen LogP contribution in [0.2, 0.25) is 0 Å². The quantitative estimate of drug-likeness (QED) is 0.688. The molecular weight excluding hydrogens is 342 g/mol. The van der Waals surface area contributed by atoms with Crippen LogP contribution >= 0.6 is 0 Å². The van der Waals surface area contributed by atoms with Gasteiger partial charge in [-0.3, -0.25) is 9.59 Å². The molecule has 0 aromatic carbocycles. The van der Waals surface area contributed by atoms with Crippen LogP contribution in [0, 0.1) is 5.92 Å². The number of carbonyl (C=O) groups excluding carboxylic acids is 1. The van der Waals surface area contributed by atoms with Crippen molar-refractivity contribution in [1.29, 1.82) is 0 Å². The summed E-state index contributed by atoms with van der Waals surface area (Å²) in [6.07, 6.45) is 3.51. The molecule has 7 nitrogen and oxygen atoms in total. The molecule has 0 aliphatic heterocycles. The van der Waals surface area contributed by atoms with Crippen molar-refractivity contribution in [2.24, 2.45) is 5.92 Å². The van der Waals surface area contributed by atoms with E-state index < -0.39 is 10.0 Å². The molecule has 1 heterocycles. The summed E-state index contributed by atoms with van der Waals surface area (Å²) in [6, 6.07) is 2.63. The molecule has 0 spiro atoms. The first-order valence-electron chi connectivity index (χ1n) is 8.68. The fourth-order valence-corrected chi connectivity index (χ4v) is 4.36. The summed E-state index contributed by atoms with van der Waals surface area (Å²) in [7, 11) is -1.94. The molecule has 1 aromatic heterocycles. The number of aromatic nitrogens is 1. The number of likely N-dealkylation sites (N-methyl/N-ethyl adjacent to an activating group) is 1. The van der Waals surface area contributed by atoms with Gasteiger partial charge in [-0.15, -0.1) is 0 Å². The largest absolute Gasteiger partial charge is 0.341 e. The summed E-state index contributed by atoms with van der Waals surface area (Å²) in [5, 5.41) is 0. The zero-order valence-electron chi connectivity index (χ0n) is 15.3. The van der Waals surface area contributed by atoms with Crippen LogP contribution in [0.4, 0.5) is 0 Å². The number of carbonyl (C=O) groups is 1. The number of pyridine rings is 1. The van der Waals surface area contributed by atoms with Gasteiger partial charge in [0.2, 0.25) is 15.9 Å². The van der Waals surface area contributed by atoms with E-state index in [4.69, 9.17) is 0 Å². The lowest BCUT2D eigenvalue weighted by molar-refractivity contribution is -0.132. The molecule has 0 saturated heterocycles. The Morgan fingerprint density at radius 1 is 1.28 bits per heavy atom. The van der Waals surface area contributed by atoms with E-state index in [1.54, 1.807) is 25.8 Å². The molecule has 25 heavy (non-hydrogen) atoms. The fraction of sp³-hybridized carbons (Fsp3) is 0.647. The Kier molecular flexibility index (Phi) is 6.05. The molecular formula is C17H27N3O4S. The maximum Gasteiger partial charge on any atom is 0.251 e. The van der Waals surface area contributed by atoms with Crippen molar-refractivity contribution in [3.8, 4) is 0 Å². The van der Waals surface area contributed by atoms with E-state index in [1.807, 2.05) is 6.92 Å². The van der Waals surface area contributed by atoms with Crippen LogP contribution in [0.3, 0.4) is 0 Å². The number of nitrogens with zero attached hydrogens (tertiary/aromatic N) is 3. The molecule has 140 valence electrons. The fourth-order valence-electron chi connectivity index (χ4n) is 2.88. The number of rotatable bonds is 8. The molecule has 0 radical (unpaired) electrons. The lowest BCUT2D eigenvalue weighted by atomic mass is 10.2. The molecule has 1 aliphatic rings. The van der Waals surface area contributed by atoms with Crippen LogP contribution in [0.5, 0.6) is 0 Å². The number of hydrogen-bond acceptors (Lipinski definition) is 4. The van der Waals surface area contributed by atoms with E-state index in [0.717, 1.165) is 12.8 Å². The van der Waals surface area contributed by atoms with Gasteiger partial charge < -0.3 is 9.47 Å². The van der Waals surface area contributed by atoms with Crippen LogP contribution in [-0.4, -0.2) is 54.3 Å². The molecule has 1 atom stereocenters. The lowest BCUT2D eigenvalue weighted by Gasteiger charge is -2.25. The smallest absolute Gasteiger partial charge is 0.251 e. The highest BCUT2D eigenvalue weighted by Crippen LogP contribution is 2.34. The van der Waals surface area contributed by atoms with Crippen LogP contribution in [0.15, 0.2) is 28.0 Å². The highest BCUT2D eigenvalue weighted by atomic mass is 32.2. The van der Waals surface area contributed by atoms with Gasteiger partial charge in [-0.25, -0.2) is 8.42 Å². The minimum Gasteiger partial charge on any atom is -0.341 e. The molecule has 1 saturated carbocycles. The van der Waals surface area contributed by atoms with E-state index >= 15 is 0 Å². The van der Waals surface area contributed by atoms with Gasteiger partial charge in [0.1, 0.15) is 6.54 Å². The van der Waals surface area contributed by atoms with E-state index in [9.17, 15) is 18.0 Å². The Labute approximate surface area is 149 Å². The van der Waals surface area contributed by atoms with Crippen LogP contribution in [-0.2, 0) is 21.4 Å². The van der Waals surface area contributed by atoms with Gasteiger partial charge in [-0.05, 0) is 31.7 Å². The van der Waals surface area contributed by atoms with Gasteiger partial charge in [-0.2, -0.15) is 4.31 Å². The SMILES string of the molecule is CCN(CC)S(=O)(=O)c1ccc(=O)n(CC(=O)N(C)C(C)C2CC2)c1. The average molecular weight is 369 g/mol. The zero-order valence-corrected chi connectivity index (χ0v) is 16.1. The van der Waals surface area contributed by atoms with E-state index in [2.05, 4.69) is 0 Å². The van der Waals surface area contributed by atoms with Gasteiger partial charge in [0, 0.05) is 38.4 Å². The maximum atomic E-state index is 12.6. The average Bonchev–Trinajstić information content (AvgIpc) is 3.41. The highest BCUT2D eigenvalue weighted by Gasteiger charge is 2.32. The molecule has 1 amide bonds. The Hall–Kier alpha value is -1.67. The molecule has 1 unspecified atom stereocenters. The van der Waals surface area contributed by atoms with E-state index in [-0.39, 0.29) is 28.9 Å². The van der Waals surface area contributed by atoms with Crippen molar-refractivity contribution in [2.75, 3.05) is 20.1 Å². The predicted molar refractivity (Wildman–Crippen MR) is 95.8 cm³/mol. The first kappa shape index (κ1) is 19.7. The monoisotopic (exact) mass is 369 g/mol. The summed E-state index contributed by atoms with van der Waals surface area (Å²) in [4.78, 5) is 26.2. The Morgan fingerprint density at radius 2 is 1.88 bits per heavy atom. The van der Waals surface area contributed by atoms with Gasteiger partial charge in [0.15, 0.2) is 0 Å². The van der Waals surface area contributed by atoms with E-state index in [0.29, 0.717) is 19.0 Å². The minimum absolute atomic E-state index is 0.0292. The first-order valence-corrected chi connectivity index (χ1v) is 10.1. The summed E-state index contributed by atoms with van der Waals surface area (Å²) >= 11 is 0. The van der Waals surface area contributed by atoms with Crippen LogP contribution in [0.25, 0.3) is 0 Å². The zero-order chi connectivity index (χ0) is 18.8. The van der Waals surface area contributed by atoms with E-state index in [1.165, 1.54) is 27.2 Å². The molecule has 0 N–H and O–H groups in total. The van der Waals surface area contributed by atoms with Gasteiger partial charge >= 0.3 is 0 Å². The Morgan fingerprint density at radius 3 is 2.40 bits per heavy atom. The summed E-state index contributed by atoms with van der Waals surface area (Å²) < 4.78 is 27.7. The van der Waals surface area contributed by atoms with Crippen molar-refractivity contribution in [1.82, 2.24) is 13.8 Å². The van der Waals surface area contributed by atoms with Gasteiger partial charge in [0.25, 0.3) is 5.56 Å². The molecule has 1 aromatic rings. The molecule has 1 fully saturated rings. The topological polar surface area (TPSA) is 79.7 Å². The molecule has 1 aliphatic carbocycles. The number of sulfonamides is 1. The highest BCUT2D eigenvalue weighted by molar-refractivity contribution is 7.89. The normalized spacial score (nSPS) is 16.0. The number of hydrogen-bond donors (Lipinski definition) is 0. The minimum atomic E-state index is -3.67. The predicted octanol–water partition coefficient (Wildman–Crippen LogP) is 1.14. The van der Waals surface area contributed by atoms with Gasteiger partial charge in [0.05, 0.1) is 4.90 Å². The van der Waals surface area contributed by atoms with Crippen LogP contribution in [0.1, 0.15) is 33.6 Å². The summed E-state index contributed by atoms with van der Waals surface area (Å²) in [5.41, 5.74) is -0.390. The van der Waals surface area contributed by atoms with Gasteiger partial charge in [-0.1, -0.05) is 13.8 Å². The van der Waals surface area contributed by atoms with Crippen molar-refractivity contribution < 1.29 is 13.2 Å². The third-order valence-electron chi connectivity index (χ3n) is 4.91. The summed E-state index contributed by atoms with van der Waals surface area (Å²) in [5.74, 6) is 0.332. The van der Waals surface area contributed by atoms with Crippen molar-refractivity contribution in [2.45, 2.75) is 51.1 Å². The molecule has 8 heteroatoms. The second-order valence-corrected chi connectivity index (χ2v) is 8.44. The number of amides is 1. The third-order valence-corrected chi connectivity index (χ3v) is 6.95. The Balaban J connectivity index is 2.24. The van der Waals surface area contributed by atoms with Crippen LogP contribution < -0.4 is 5.56 Å². The third kappa shape index (κ3) is 4.30. The lowest BCUT2D eigenvalue weighted by Crippen LogP contribution is -2.40. The molecule has 2 rings (SSSR count). The van der Waals surface area contributed by atoms with Crippen molar-refractivity contribution in [3.63, 3.8) is 0 Å². The summed E-state index contributed by atoms with van der Waals surface area (Å²) in [6.45, 7) is 6.05.